The van der Waals surface area contributed by atoms with E-state index in [4.69, 9.17) is 5.26 Å². The molecule has 0 saturated heterocycles. The summed E-state index contributed by atoms with van der Waals surface area (Å²) >= 11 is 1.81. The van der Waals surface area contributed by atoms with Crippen molar-refractivity contribution in [2.24, 2.45) is 0 Å². The lowest BCUT2D eigenvalue weighted by Crippen LogP contribution is -2.20. The van der Waals surface area contributed by atoms with Gasteiger partial charge in [0.05, 0.1) is 6.07 Å². The van der Waals surface area contributed by atoms with Gasteiger partial charge in [0.25, 0.3) is 0 Å². The van der Waals surface area contributed by atoms with Crippen LogP contribution in [0.4, 0.5) is 0 Å². The minimum Gasteiger partial charge on any atom is -0.197 e. The Hall–Kier alpha value is -0.160. The van der Waals surface area contributed by atoms with Gasteiger partial charge in [0, 0.05) is 0 Å². The largest absolute Gasteiger partial charge is 0.197 e. The van der Waals surface area contributed by atoms with Crippen molar-refractivity contribution in [3.63, 3.8) is 0 Å². The Morgan fingerprint density at radius 3 is 2.09 bits per heavy atom. The van der Waals surface area contributed by atoms with Gasteiger partial charge in [-0.1, -0.05) is 20.8 Å². The van der Waals surface area contributed by atoms with Gasteiger partial charge < -0.3 is 0 Å². The summed E-state index contributed by atoms with van der Waals surface area (Å²) in [6, 6.07) is 2.41. The molecule has 0 heterocycles. The van der Waals surface area contributed by atoms with E-state index in [1.807, 2.05) is 11.8 Å². The molecular weight excluding hydrogens is 154 g/mol. The molecule has 11 heavy (non-hydrogen) atoms. The fourth-order valence-corrected chi connectivity index (χ4v) is 2.01. The first-order valence-corrected chi connectivity index (χ1v) is 5.28. The van der Waals surface area contributed by atoms with E-state index in [9.17, 15) is 0 Å². The van der Waals surface area contributed by atoms with Crippen molar-refractivity contribution in [2.45, 2.75) is 44.8 Å². The Morgan fingerprint density at radius 1 is 1.27 bits per heavy atom. The van der Waals surface area contributed by atoms with Gasteiger partial charge in [-0.25, -0.2) is 0 Å². The molecule has 0 bridgehead atoms. The van der Waals surface area contributed by atoms with Crippen LogP contribution in [0.25, 0.3) is 0 Å². The van der Waals surface area contributed by atoms with Crippen LogP contribution in [0.1, 0.15) is 40.0 Å². The summed E-state index contributed by atoms with van der Waals surface area (Å²) in [5, 5.41) is 8.93. The maximum Gasteiger partial charge on any atom is 0.102 e. The summed E-state index contributed by atoms with van der Waals surface area (Å²) in [4.78, 5) is 0. The van der Waals surface area contributed by atoms with Crippen LogP contribution in [0, 0.1) is 11.3 Å². The third kappa shape index (κ3) is 3.16. The van der Waals surface area contributed by atoms with E-state index in [2.05, 4.69) is 26.8 Å². The summed E-state index contributed by atoms with van der Waals surface area (Å²) in [6.07, 6.45) is 3.09. The maximum atomic E-state index is 8.93. The van der Waals surface area contributed by atoms with E-state index in [1.165, 1.54) is 0 Å². The lowest BCUT2D eigenvalue weighted by atomic mass is 10.1. The average molecular weight is 171 g/mol. The molecule has 0 spiro atoms. The van der Waals surface area contributed by atoms with Crippen molar-refractivity contribution in [1.82, 2.24) is 0 Å². The second kappa shape index (κ2) is 5.49. The molecule has 0 saturated carbocycles. The third-order valence-corrected chi connectivity index (χ3v) is 3.76. The van der Waals surface area contributed by atoms with Crippen LogP contribution in [0.3, 0.4) is 0 Å². The fourth-order valence-electron chi connectivity index (χ4n) is 0.942. The van der Waals surface area contributed by atoms with Crippen LogP contribution >= 0.6 is 11.8 Å². The molecule has 1 nitrogen and oxygen atoms in total. The maximum absolute atomic E-state index is 8.93. The molecule has 64 valence electrons. The number of hydrogen-bond acceptors (Lipinski definition) is 2. The summed E-state index contributed by atoms with van der Waals surface area (Å²) < 4.78 is -0.101. The first-order valence-electron chi connectivity index (χ1n) is 4.29. The quantitative estimate of drug-likeness (QED) is 0.634. The molecular formula is C9H17NS. The Labute approximate surface area is 74.2 Å². The Balaban J connectivity index is 3.97. The molecule has 0 radical (unpaired) electrons. The van der Waals surface area contributed by atoms with Crippen molar-refractivity contribution in [2.75, 3.05) is 5.75 Å². The molecule has 0 aromatic heterocycles. The van der Waals surface area contributed by atoms with Gasteiger partial charge in [-0.05, 0) is 25.0 Å². The molecule has 0 aliphatic rings. The van der Waals surface area contributed by atoms with Gasteiger partial charge in [-0.3, -0.25) is 0 Å². The molecule has 2 heteroatoms. The molecule has 0 amide bonds. The molecule has 0 aliphatic carbocycles. The van der Waals surface area contributed by atoms with Crippen molar-refractivity contribution < 1.29 is 0 Å². The van der Waals surface area contributed by atoms with Crippen LogP contribution in [0.5, 0.6) is 0 Å². The Kier molecular flexibility index (Phi) is 5.41. The molecule has 0 atom stereocenters. The monoisotopic (exact) mass is 171 g/mol. The number of nitrogens with zero attached hydrogens (tertiary/aromatic N) is 1. The van der Waals surface area contributed by atoms with Crippen LogP contribution in [0.15, 0.2) is 0 Å². The van der Waals surface area contributed by atoms with Gasteiger partial charge in [0.1, 0.15) is 4.75 Å². The van der Waals surface area contributed by atoms with Crippen molar-refractivity contribution >= 4 is 11.8 Å². The highest BCUT2D eigenvalue weighted by Crippen LogP contribution is 2.31. The first-order chi connectivity index (χ1) is 5.24. The lowest BCUT2D eigenvalue weighted by Gasteiger charge is -2.21. The smallest absolute Gasteiger partial charge is 0.102 e. The average Bonchev–Trinajstić information content (AvgIpc) is 2.08. The number of hydrogen-bond donors (Lipinski definition) is 0. The first kappa shape index (κ1) is 10.8. The molecule has 0 aromatic carbocycles. The van der Waals surface area contributed by atoms with Crippen LogP contribution < -0.4 is 0 Å². The molecule has 0 aliphatic heterocycles. The number of thioether (sulfide) groups is 1. The predicted molar refractivity (Wildman–Crippen MR) is 51.7 cm³/mol. The molecule has 0 unspecified atom stereocenters. The van der Waals surface area contributed by atoms with E-state index in [1.54, 1.807) is 0 Å². The van der Waals surface area contributed by atoms with Crippen molar-refractivity contribution in [3.05, 3.63) is 0 Å². The normalized spacial score (nSPS) is 11.1. The van der Waals surface area contributed by atoms with E-state index < -0.39 is 0 Å². The Bertz CT molecular complexity index is 133. The Morgan fingerprint density at radius 2 is 1.82 bits per heavy atom. The fraction of sp³-hybridized carbons (Fsp3) is 0.889. The number of rotatable bonds is 5. The highest BCUT2D eigenvalue weighted by molar-refractivity contribution is 8.00. The van der Waals surface area contributed by atoms with Gasteiger partial charge >= 0.3 is 0 Å². The second-order valence-corrected chi connectivity index (χ2v) is 4.14. The van der Waals surface area contributed by atoms with Gasteiger partial charge in [0.15, 0.2) is 0 Å². The van der Waals surface area contributed by atoms with E-state index in [0.717, 1.165) is 25.0 Å². The topological polar surface area (TPSA) is 23.8 Å². The van der Waals surface area contributed by atoms with Gasteiger partial charge in [-0.2, -0.15) is 5.26 Å². The van der Waals surface area contributed by atoms with Gasteiger partial charge in [0.2, 0.25) is 0 Å². The highest BCUT2D eigenvalue weighted by atomic mass is 32.2. The van der Waals surface area contributed by atoms with E-state index in [0.29, 0.717) is 0 Å². The molecule has 0 N–H and O–H groups in total. The second-order valence-electron chi connectivity index (χ2n) is 2.66. The predicted octanol–water partition coefficient (Wildman–Crippen LogP) is 3.21. The standard InChI is InChI=1S/C9H17NS/c1-4-7-11-9(5-2,6-3)8-10/h4-7H2,1-3H3. The lowest BCUT2D eigenvalue weighted by molar-refractivity contribution is 0.671. The van der Waals surface area contributed by atoms with Crippen LogP contribution in [-0.2, 0) is 0 Å². The van der Waals surface area contributed by atoms with Crippen LogP contribution in [0.2, 0.25) is 0 Å². The molecule has 0 fully saturated rings. The van der Waals surface area contributed by atoms with Gasteiger partial charge in [-0.15, -0.1) is 11.8 Å². The SMILES string of the molecule is CCCSC(C#N)(CC)CC. The zero-order chi connectivity index (χ0) is 8.74. The summed E-state index contributed by atoms with van der Waals surface area (Å²) in [5.74, 6) is 1.11. The van der Waals surface area contributed by atoms with Crippen molar-refractivity contribution in [3.8, 4) is 6.07 Å². The number of nitriles is 1. The minimum atomic E-state index is -0.101. The summed E-state index contributed by atoms with van der Waals surface area (Å²) in [5.41, 5.74) is 0. The molecule has 0 rings (SSSR count). The molecule has 0 aromatic rings. The summed E-state index contributed by atoms with van der Waals surface area (Å²) in [7, 11) is 0. The zero-order valence-corrected chi connectivity index (χ0v) is 8.50. The minimum absolute atomic E-state index is 0.101. The van der Waals surface area contributed by atoms with E-state index in [-0.39, 0.29) is 4.75 Å². The van der Waals surface area contributed by atoms with E-state index >= 15 is 0 Å². The zero-order valence-electron chi connectivity index (χ0n) is 7.68. The highest BCUT2D eigenvalue weighted by Gasteiger charge is 2.25. The third-order valence-electron chi connectivity index (χ3n) is 1.93. The van der Waals surface area contributed by atoms with Crippen molar-refractivity contribution in [1.29, 1.82) is 5.26 Å². The van der Waals surface area contributed by atoms with Crippen LogP contribution in [-0.4, -0.2) is 10.5 Å². The summed E-state index contributed by atoms with van der Waals surface area (Å²) in [6.45, 7) is 6.34.